The molecule has 2 saturated heterocycles. The Labute approximate surface area is 307 Å². The highest BCUT2D eigenvalue weighted by Crippen LogP contribution is 2.31. The summed E-state index contributed by atoms with van der Waals surface area (Å²) in [5, 5.41) is 17.5. The first-order valence-corrected chi connectivity index (χ1v) is 17.8. The molecule has 0 saturated carbocycles. The van der Waals surface area contributed by atoms with Crippen molar-refractivity contribution in [3.8, 4) is 0 Å². The molecule has 1 unspecified atom stereocenters. The summed E-state index contributed by atoms with van der Waals surface area (Å²) in [5.74, 6) is -0.481. The molecule has 3 aromatic rings. The van der Waals surface area contributed by atoms with Crippen molar-refractivity contribution >= 4 is 64.1 Å². The lowest BCUT2D eigenvalue weighted by Crippen LogP contribution is -2.55. The lowest BCUT2D eigenvalue weighted by Gasteiger charge is -2.43. The summed E-state index contributed by atoms with van der Waals surface area (Å²) in [6.45, 7) is 4.58. The van der Waals surface area contributed by atoms with Crippen molar-refractivity contribution in [3.63, 3.8) is 0 Å². The fourth-order valence-electron chi connectivity index (χ4n) is 6.61. The van der Waals surface area contributed by atoms with Crippen LogP contribution in [0.2, 0.25) is 20.1 Å². The zero-order valence-corrected chi connectivity index (χ0v) is 30.6. The van der Waals surface area contributed by atoms with Crippen molar-refractivity contribution in [2.45, 2.75) is 44.2 Å². The van der Waals surface area contributed by atoms with Gasteiger partial charge in [0.1, 0.15) is 7.11 Å². The molecule has 262 valence electrons. The van der Waals surface area contributed by atoms with Crippen molar-refractivity contribution in [3.05, 3.63) is 103 Å². The molecule has 5 rings (SSSR count). The van der Waals surface area contributed by atoms with E-state index in [2.05, 4.69) is 10.1 Å². The number of aromatic nitrogens is 1. The standard InChI is InChI=1S/C35H40Cl4N6O4/c1-41(34(46)26-18-27(36)21-28(37)19-26)23-33(40-49-2)30(25-4-5-31(38)32(39)20-25)10-15-42-13-8-29(9-14-42)45-12-3-11-43(35(45)47)22-24-6-16-44(48)17-7-24/h4-7,16-21,29-30H,3,8-15,22-23H2,1-2H3/b40-33+. The third kappa shape index (κ3) is 9.70. The SMILES string of the molecule is CO/N=C(\CN(C)C(=O)c1cc(Cl)cc(Cl)c1)C(CCN1CCC(N2CCCN(Cc3cc[n+]([O-])cc3)C2=O)CC1)c1ccc(Cl)c(Cl)c1. The second-order valence-corrected chi connectivity index (χ2v) is 14.2. The Hall–Kier alpha value is -3.28. The second kappa shape index (κ2) is 17.1. The highest BCUT2D eigenvalue weighted by atomic mass is 35.5. The Morgan fingerprint density at radius 1 is 1.00 bits per heavy atom. The first kappa shape index (κ1) is 37.0. The maximum absolute atomic E-state index is 13.5. The minimum Gasteiger partial charge on any atom is -0.619 e. The topological polar surface area (TPSA) is 95.6 Å². The average Bonchev–Trinajstić information content (AvgIpc) is 3.08. The predicted octanol–water partition coefficient (Wildman–Crippen LogP) is 6.97. The molecule has 0 N–H and O–H groups in total. The van der Waals surface area contributed by atoms with Gasteiger partial charge in [-0.1, -0.05) is 57.6 Å². The summed E-state index contributed by atoms with van der Waals surface area (Å²) in [6.07, 6.45) is 6.26. The number of nitrogens with zero attached hydrogens (tertiary/aromatic N) is 6. The van der Waals surface area contributed by atoms with Gasteiger partial charge in [0.15, 0.2) is 12.4 Å². The smallest absolute Gasteiger partial charge is 0.320 e. The number of likely N-dealkylation sites (tertiary alicyclic amines) is 1. The van der Waals surface area contributed by atoms with Crippen molar-refractivity contribution in [1.82, 2.24) is 19.6 Å². The van der Waals surface area contributed by atoms with Gasteiger partial charge in [-0.15, -0.1) is 0 Å². The Balaban J connectivity index is 1.24. The van der Waals surface area contributed by atoms with Gasteiger partial charge >= 0.3 is 6.03 Å². The maximum atomic E-state index is 13.5. The van der Waals surface area contributed by atoms with Crippen LogP contribution in [0.15, 0.2) is 66.1 Å². The molecule has 2 fully saturated rings. The van der Waals surface area contributed by atoms with Gasteiger partial charge in [-0.25, -0.2) is 4.79 Å². The van der Waals surface area contributed by atoms with E-state index in [9.17, 15) is 14.8 Å². The fourth-order valence-corrected chi connectivity index (χ4v) is 7.45. The predicted molar refractivity (Wildman–Crippen MR) is 194 cm³/mol. The van der Waals surface area contributed by atoms with Gasteiger partial charge in [0.05, 0.1) is 22.3 Å². The van der Waals surface area contributed by atoms with Gasteiger partial charge in [-0.3, -0.25) is 4.79 Å². The monoisotopic (exact) mass is 748 g/mol. The average molecular weight is 751 g/mol. The van der Waals surface area contributed by atoms with Crippen LogP contribution in [-0.4, -0.2) is 96.7 Å². The van der Waals surface area contributed by atoms with Crippen LogP contribution in [0.25, 0.3) is 0 Å². The number of carbonyl (C=O) groups excluding carboxylic acids is 2. The van der Waals surface area contributed by atoms with Crippen LogP contribution in [-0.2, 0) is 11.4 Å². The second-order valence-electron chi connectivity index (χ2n) is 12.5. The summed E-state index contributed by atoms with van der Waals surface area (Å²) in [7, 11) is 3.18. The third-order valence-electron chi connectivity index (χ3n) is 9.13. The Kier molecular flexibility index (Phi) is 12.9. The van der Waals surface area contributed by atoms with E-state index in [1.807, 2.05) is 21.9 Å². The molecular formula is C35H40Cl4N6O4. The lowest BCUT2D eigenvalue weighted by molar-refractivity contribution is -0.605. The van der Waals surface area contributed by atoms with Crippen LogP contribution in [0.5, 0.6) is 0 Å². The largest absolute Gasteiger partial charge is 0.619 e. The zero-order valence-electron chi connectivity index (χ0n) is 27.5. The molecule has 1 atom stereocenters. The molecule has 0 bridgehead atoms. The maximum Gasteiger partial charge on any atom is 0.320 e. The van der Waals surface area contributed by atoms with E-state index in [1.54, 1.807) is 48.3 Å². The summed E-state index contributed by atoms with van der Waals surface area (Å²) in [6, 6.07) is 14.0. The van der Waals surface area contributed by atoms with Gasteiger partial charge in [-0.05, 0) is 73.7 Å². The number of carbonyl (C=O) groups is 2. The van der Waals surface area contributed by atoms with Crippen LogP contribution in [0.1, 0.15) is 53.1 Å². The molecular weight excluding hydrogens is 710 g/mol. The fraction of sp³-hybridized carbons (Fsp3) is 0.429. The molecule has 49 heavy (non-hydrogen) atoms. The van der Waals surface area contributed by atoms with Crippen LogP contribution < -0.4 is 4.73 Å². The number of amides is 3. The number of oxime groups is 1. The number of rotatable bonds is 12. The number of urea groups is 1. The van der Waals surface area contributed by atoms with Gasteiger partial charge in [-0.2, -0.15) is 4.73 Å². The third-order valence-corrected chi connectivity index (χ3v) is 10.3. The number of benzene rings is 2. The van der Waals surface area contributed by atoms with E-state index >= 15 is 0 Å². The first-order valence-electron chi connectivity index (χ1n) is 16.2. The van der Waals surface area contributed by atoms with Crippen molar-refractivity contribution in [1.29, 1.82) is 0 Å². The molecule has 0 aliphatic carbocycles. The molecule has 14 heteroatoms. The summed E-state index contributed by atoms with van der Waals surface area (Å²) >= 11 is 25.1. The van der Waals surface area contributed by atoms with Crippen molar-refractivity contribution < 1.29 is 19.2 Å². The van der Waals surface area contributed by atoms with E-state index in [4.69, 9.17) is 51.2 Å². The Bertz CT molecular complexity index is 1630. The first-order chi connectivity index (χ1) is 23.5. The number of pyridine rings is 1. The molecule has 3 heterocycles. The molecule has 0 radical (unpaired) electrons. The van der Waals surface area contributed by atoms with Crippen LogP contribution in [0.4, 0.5) is 4.79 Å². The number of halogens is 4. The van der Waals surface area contributed by atoms with Gasteiger partial charge in [0.25, 0.3) is 5.91 Å². The van der Waals surface area contributed by atoms with Gasteiger partial charge in [0, 0.05) is 79.5 Å². The molecule has 2 aliphatic rings. The Morgan fingerprint density at radius 3 is 2.35 bits per heavy atom. The van der Waals surface area contributed by atoms with E-state index in [-0.39, 0.29) is 30.4 Å². The lowest BCUT2D eigenvalue weighted by atomic mass is 9.89. The highest BCUT2D eigenvalue weighted by Gasteiger charge is 2.34. The van der Waals surface area contributed by atoms with Crippen molar-refractivity contribution in [2.75, 3.05) is 53.4 Å². The van der Waals surface area contributed by atoms with E-state index in [0.29, 0.717) is 50.9 Å². The normalized spacial score (nSPS) is 16.9. The summed E-state index contributed by atoms with van der Waals surface area (Å²) in [4.78, 5) is 40.0. The highest BCUT2D eigenvalue weighted by molar-refractivity contribution is 6.42. The van der Waals surface area contributed by atoms with Crippen LogP contribution in [0, 0.1) is 5.21 Å². The summed E-state index contributed by atoms with van der Waals surface area (Å²) in [5.41, 5.74) is 2.88. The number of hydrogen-bond donors (Lipinski definition) is 0. The van der Waals surface area contributed by atoms with Crippen LogP contribution >= 0.6 is 46.4 Å². The quantitative estimate of drug-likeness (QED) is 0.0863. The molecule has 2 aromatic carbocycles. The van der Waals surface area contributed by atoms with Gasteiger partial charge in [0.2, 0.25) is 0 Å². The molecule has 0 spiro atoms. The minimum absolute atomic E-state index is 0.0577. The molecule has 10 nitrogen and oxygen atoms in total. The Morgan fingerprint density at radius 2 is 1.69 bits per heavy atom. The van der Waals surface area contributed by atoms with Crippen molar-refractivity contribution in [2.24, 2.45) is 5.16 Å². The zero-order chi connectivity index (χ0) is 35.1. The number of hydrogen-bond acceptors (Lipinski definition) is 6. The number of piperidine rings is 1. The molecule has 2 aliphatic heterocycles. The van der Waals surface area contributed by atoms with Crippen LogP contribution in [0.3, 0.4) is 0 Å². The van der Waals surface area contributed by atoms with Gasteiger partial charge < -0.3 is 29.6 Å². The van der Waals surface area contributed by atoms with E-state index in [1.165, 1.54) is 19.5 Å². The molecule has 3 amide bonds. The molecule has 1 aromatic heterocycles. The van der Waals surface area contributed by atoms with E-state index in [0.717, 1.165) is 61.3 Å². The summed E-state index contributed by atoms with van der Waals surface area (Å²) < 4.78 is 0.748. The van der Waals surface area contributed by atoms with E-state index < -0.39 is 0 Å². The minimum atomic E-state index is -0.256.